The van der Waals surface area contributed by atoms with Crippen molar-refractivity contribution < 1.29 is 13.6 Å². The quantitative estimate of drug-likeness (QED) is 0.899. The van der Waals surface area contributed by atoms with Gasteiger partial charge in [-0.25, -0.2) is 8.78 Å². The van der Waals surface area contributed by atoms with Crippen LogP contribution in [0, 0.1) is 25.5 Å². The first kappa shape index (κ1) is 17.0. The Morgan fingerprint density at radius 3 is 2.83 bits per heavy atom. The van der Waals surface area contributed by atoms with E-state index in [1.807, 2.05) is 6.92 Å². The second-order valence-corrected chi connectivity index (χ2v) is 7.23. The maximum absolute atomic E-state index is 14.0. The van der Waals surface area contributed by atoms with Gasteiger partial charge in [-0.05, 0) is 38.5 Å². The summed E-state index contributed by atoms with van der Waals surface area (Å²) in [6.07, 6.45) is 0.590. The van der Waals surface area contributed by atoms with Crippen molar-refractivity contribution in [3.63, 3.8) is 0 Å². The molecule has 0 spiro atoms. The van der Waals surface area contributed by atoms with E-state index in [1.54, 1.807) is 23.6 Å². The summed E-state index contributed by atoms with van der Waals surface area (Å²) in [5.41, 5.74) is 2.42. The first-order chi connectivity index (χ1) is 11.5. The number of thioether (sulfide) groups is 1. The van der Waals surface area contributed by atoms with Crippen molar-refractivity contribution in [2.75, 3.05) is 18.8 Å². The molecule has 1 aliphatic heterocycles. The topological polar surface area (TPSA) is 49.0 Å². The Morgan fingerprint density at radius 2 is 2.12 bits per heavy atom. The SMILES string of the molecule is Cc1n[nH]c(C)c1C(=O)N1CCSC(c2cc(F)ccc2F)CC1. The lowest BCUT2D eigenvalue weighted by Crippen LogP contribution is -2.33. The van der Waals surface area contributed by atoms with Gasteiger partial charge in [0.15, 0.2) is 0 Å². The predicted octanol–water partition coefficient (Wildman–Crippen LogP) is 3.63. The van der Waals surface area contributed by atoms with E-state index in [2.05, 4.69) is 10.2 Å². The van der Waals surface area contributed by atoms with Crippen molar-refractivity contribution in [1.29, 1.82) is 0 Å². The number of amides is 1. The van der Waals surface area contributed by atoms with Crippen LogP contribution in [0.5, 0.6) is 0 Å². The average molecular weight is 351 g/mol. The van der Waals surface area contributed by atoms with E-state index in [-0.39, 0.29) is 11.2 Å². The Labute approximate surface area is 143 Å². The van der Waals surface area contributed by atoms with Gasteiger partial charge in [0.1, 0.15) is 11.6 Å². The summed E-state index contributed by atoms with van der Waals surface area (Å²) in [4.78, 5) is 14.5. The van der Waals surface area contributed by atoms with Crippen molar-refractivity contribution in [3.05, 3.63) is 52.3 Å². The predicted molar refractivity (Wildman–Crippen MR) is 90.1 cm³/mol. The Bertz CT molecular complexity index is 743. The molecule has 1 N–H and O–H groups in total. The van der Waals surface area contributed by atoms with Gasteiger partial charge in [0.25, 0.3) is 5.91 Å². The summed E-state index contributed by atoms with van der Waals surface area (Å²) in [7, 11) is 0. The molecule has 0 bridgehead atoms. The number of carbonyl (C=O) groups is 1. The number of rotatable bonds is 2. The summed E-state index contributed by atoms with van der Waals surface area (Å²) < 4.78 is 27.4. The molecule has 1 aromatic heterocycles. The molecular weight excluding hydrogens is 332 g/mol. The minimum Gasteiger partial charge on any atom is -0.338 e. The van der Waals surface area contributed by atoms with E-state index in [1.165, 1.54) is 6.07 Å². The second-order valence-electron chi connectivity index (χ2n) is 5.92. The fraction of sp³-hybridized carbons (Fsp3) is 0.412. The maximum Gasteiger partial charge on any atom is 0.257 e. The van der Waals surface area contributed by atoms with Crippen LogP contribution in [-0.2, 0) is 0 Å². The minimum atomic E-state index is -0.436. The summed E-state index contributed by atoms with van der Waals surface area (Å²) in [6.45, 7) is 4.72. The zero-order chi connectivity index (χ0) is 17.3. The van der Waals surface area contributed by atoms with Crippen molar-refractivity contribution in [1.82, 2.24) is 15.1 Å². The third-order valence-electron chi connectivity index (χ3n) is 4.28. The zero-order valence-corrected chi connectivity index (χ0v) is 14.4. The summed E-state index contributed by atoms with van der Waals surface area (Å²) in [5.74, 6) is -0.203. The molecule has 2 heterocycles. The molecule has 7 heteroatoms. The number of aromatic nitrogens is 2. The van der Waals surface area contributed by atoms with Gasteiger partial charge < -0.3 is 4.90 Å². The molecule has 1 atom stereocenters. The fourth-order valence-corrected chi connectivity index (χ4v) is 4.25. The lowest BCUT2D eigenvalue weighted by Gasteiger charge is -2.20. The van der Waals surface area contributed by atoms with Gasteiger partial charge in [-0.3, -0.25) is 9.89 Å². The fourth-order valence-electron chi connectivity index (χ4n) is 3.01. The molecule has 1 amide bonds. The van der Waals surface area contributed by atoms with Gasteiger partial charge in [0, 0.05) is 35.3 Å². The largest absolute Gasteiger partial charge is 0.338 e. The molecular formula is C17H19F2N3OS. The standard InChI is InChI=1S/C17H19F2N3OS/c1-10-16(11(2)21-20-10)17(23)22-6-5-15(24-8-7-22)13-9-12(18)3-4-14(13)19/h3-4,9,15H,5-8H2,1-2H3,(H,20,21). The van der Waals surface area contributed by atoms with Crippen LogP contribution in [0.15, 0.2) is 18.2 Å². The number of hydrogen-bond donors (Lipinski definition) is 1. The van der Waals surface area contributed by atoms with Crippen LogP contribution in [0.25, 0.3) is 0 Å². The van der Waals surface area contributed by atoms with Gasteiger partial charge in [0.05, 0.1) is 11.3 Å². The van der Waals surface area contributed by atoms with E-state index in [0.29, 0.717) is 42.1 Å². The van der Waals surface area contributed by atoms with Crippen LogP contribution >= 0.6 is 11.8 Å². The molecule has 3 rings (SSSR count). The lowest BCUT2D eigenvalue weighted by atomic mass is 10.1. The Balaban J connectivity index is 1.76. The van der Waals surface area contributed by atoms with Gasteiger partial charge in [-0.15, -0.1) is 0 Å². The molecule has 24 heavy (non-hydrogen) atoms. The van der Waals surface area contributed by atoms with Crippen LogP contribution in [-0.4, -0.2) is 39.8 Å². The molecule has 0 radical (unpaired) electrons. The number of carbonyl (C=O) groups excluding carboxylic acids is 1. The summed E-state index contributed by atoms with van der Waals surface area (Å²) in [6, 6.07) is 3.55. The number of hydrogen-bond acceptors (Lipinski definition) is 3. The van der Waals surface area contributed by atoms with Crippen molar-refractivity contribution in [2.24, 2.45) is 0 Å². The first-order valence-electron chi connectivity index (χ1n) is 7.84. The van der Waals surface area contributed by atoms with Crippen molar-refractivity contribution in [2.45, 2.75) is 25.5 Å². The number of aromatic amines is 1. The monoisotopic (exact) mass is 351 g/mol. The van der Waals surface area contributed by atoms with Gasteiger partial charge in [-0.2, -0.15) is 16.9 Å². The Hall–Kier alpha value is -1.89. The molecule has 4 nitrogen and oxygen atoms in total. The van der Waals surface area contributed by atoms with E-state index in [4.69, 9.17) is 0 Å². The smallest absolute Gasteiger partial charge is 0.257 e. The highest BCUT2D eigenvalue weighted by molar-refractivity contribution is 7.99. The van der Waals surface area contributed by atoms with Gasteiger partial charge in [0.2, 0.25) is 0 Å². The highest BCUT2D eigenvalue weighted by Crippen LogP contribution is 2.36. The van der Waals surface area contributed by atoms with Crippen LogP contribution in [0.1, 0.15) is 39.0 Å². The zero-order valence-electron chi connectivity index (χ0n) is 13.6. The van der Waals surface area contributed by atoms with Crippen LogP contribution in [0.4, 0.5) is 8.78 Å². The minimum absolute atomic E-state index is 0.0558. The third-order valence-corrected chi connectivity index (χ3v) is 5.59. The Morgan fingerprint density at radius 1 is 1.33 bits per heavy atom. The van der Waals surface area contributed by atoms with Crippen LogP contribution in [0.3, 0.4) is 0 Å². The second kappa shape index (κ2) is 6.93. The number of aryl methyl sites for hydroxylation is 2. The number of benzene rings is 1. The molecule has 0 aliphatic carbocycles. The van der Waals surface area contributed by atoms with E-state index in [9.17, 15) is 13.6 Å². The molecule has 1 unspecified atom stereocenters. The van der Waals surface area contributed by atoms with Crippen molar-refractivity contribution >= 4 is 17.7 Å². The number of H-pyrrole nitrogens is 1. The summed E-state index contributed by atoms with van der Waals surface area (Å²) >= 11 is 1.56. The first-order valence-corrected chi connectivity index (χ1v) is 8.89. The molecule has 1 fully saturated rings. The molecule has 1 saturated heterocycles. The summed E-state index contributed by atoms with van der Waals surface area (Å²) in [5, 5.41) is 6.75. The molecule has 1 aromatic carbocycles. The lowest BCUT2D eigenvalue weighted by molar-refractivity contribution is 0.0765. The van der Waals surface area contributed by atoms with Crippen LogP contribution < -0.4 is 0 Å². The average Bonchev–Trinajstić information content (AvgIpc) is 2.77. The molecule has 128 valence electrons. The number of halogens is 2. The normalized spacial score (nSPS) is 18.5. The molecule has 1 aliphatic rings. The third kappa shape index (κ3) is 3.31. The highest BCUT2D eigenvalue weighted by atomic mass is 32.2. The van der Waals surface area contributed by atoms with Crippen molar-refractivity contribution in [3.8, 4) is 0 Å². The van der Waals surface area contributed by atoms with Gasteiger partial charge >= 0.3 is 0 Å². The molecule has 2 aromatic rings. The van der Waals surface area contributed by atoms with E-state index >= 15 is 0 Å². The van der Waals surface area contributed by atoms with Crippen LogP contribution in [0.2, 0.25) is 0 Å². The highest BCUT2D eigenvalue weighted by Gasteiger charge is 2.27. The number of nitrogens with one attached hydrogen (secondary N) is 1. The molecule has 0 saturated carbocycles. The van der Waals surface area contributed by atoms with E-state index < -0.39 is 11.6 Å². The Kier molecular flexibility index (Phi) is 4.89. The number of nitrogens with zero attached hydrogens (tertiary/aromatic N) is 2. The van der Waals surface area contributed by atoms with Gasteiger partial charge in [-0.1, -0.05) is 0 Å². The maximum atomic E-state index is 14.0. The van der Waals surface area contributed by atoms with E-state index in [0.717, 1.165) is 17.8 Å².